The molecule has 1 fully saturated rings. The lowest BCUT2D eigenvalue weighted by atomic mass is 9.96. The van der Waals surface area contributed by atoms with Crippen molar-refractivity contribution in [2.45, 2.75) is 44.7 Å². The van der Waals surface area contributed by atoms with E-state index < -0.39 is 53.0 Å². The van der Waals surface area contributed by atoms with Gasteiger partial charge in [0, 0.05) is 18.5 Å². The molecule has 0 aliphatic carbocycles. The highest BCUT2D eigenvalue weighted by Gasteiger charge is 2.51. The Balaban J connectivity index is 0.00000324. The Hall–Kier alpha value is -2.12. The van der Waals surface area contributed by atoms with Crippen molar-refractivity contribution in [1.82, 2.24) is 15.0 Å². The standard InChI is InChI=1S/C22H26F3N3O5S.2ClH/c1-3-34(31,32)28-21-17(26-12-22(21,24)25)10-15-6-4-5-14(20(15)23)9-16-13(2)7-8-18(27-16)33-11-19(29)30;;/h4-8,17,21,26,28H,3,9-12H2,1-2H3,(H,29,30);2*1H/t17-,21+;;/m0../s1. The average molecular weight is 574 g/mol. The van der Waals surface area contributed by atoms with Gasteiger partial charge in [-0.1, -0.05) is 24.3 Å². The summed E-state index contributed by atoms with van der Waals surface area (Å²) in [6.07, 6.45) is -0.0870. The zero-order valence-corrected chi connectivity index (χ0v) is 21.9. The van der Waals surface area contributed by atoms with E-state index in [1.807, 2.05) is 4.72 Å². The molecule has 1 aliphatic rings. The second-order valence-electron chi connectivity index (χ2n) is 8.11. The molecular weight excluding hydrogens is 546 g/mol. The maximum absolute atomic E-state index is 15.3. The van der Waals surface area contributed by atoms with Crippen LogP contribution in [0.4, 0.5) is 13.2 Å². The predicted octanol–water partition coefficient (Wildman–Crippen LogP) is 2.88. The van der Waals surface area contributed by atoms with Crippen molar-refractivity contribution in [3.63, 3.8) is 0 Å². The van der Waals surface area contributed by atoms with Gasteiger partial charge in [-0.2, -0.15) is 0 Å². The number of hydrogen-bond acceptors (Lipinski definition) is 6. The minimum atomic E-state index is -3.90. The first-order valence-electron chi connectivity index (χ1n) is 10.6. The number of aromatic nitrogens is 1. The number of carbonyl (C=O) groups is 1. The van der Waals surface area contributed by atoms with Gasteiger partial charge in [-0.3, -0.25) is 0 Å². The van der Waals surface area contributed by atoms with Crippen LogP contribution in [0.5, 0.6) is 5.88 Å². The van der Waals surface area contributed by atoms with Gasteiger partial charge in [0.2, 0.25) is 15.9 Å². The number of sulfonamides is 1. The van der Waals surface area contributed by atoms with E-state index in [0.29, 0.717) is 5.69 Å². The van der Waals surface area contributed by atoms with Crippen LogP contribution in [0.15, 0.2) is 30.3 Å². The van der Waals surface area contributed by atoms with Crippen molar-refractivity contribution < 1.29 is 36.2 Å². The fraction of sp³-hybridized carbons (Fsp3) is 0.455. The number of rotatable bonds is 10. The second kappa shape index (κ2) is 12.9. The van der Waals surface area contributed by atoms with E-state index >= 15 is 4.39 Å². The van der Waals surface area contributed by atoms with Crippen molar-refractivity contribution in [2.24, 2.45) is 0 Å². The van der Waals surface area contributed by atoms with Gasteiger partial charge >= 0.3 is 5.97 Å². The molecule has 14 heteroatoms. The van der Waals surface area contributed by atoms with E-state index in [9.17, 15) is 22.0 Å². The summed E-state index contributed by atoms with van der Waals surface area (Å²) in [5.74, 6) is -5.35. The van der Waals surface area contributed by atoms with Gasteiger partial charge in [-0.15, -0.1) is 24.8 Å². The van der Waals surface area contributed by atoms with Gasteiger partial charge < -0.3 is 15.2 Å². The van der Waals surface area contributed by atoms with Crippen LogP contribution in [0.2, 0.25) is 0 Å². The third kappa shape index (κ3) is 7.94. The molecule has 0 spiro atoms. The molecule has 0 amide bonds. The zero-order valence-electron chi connectivity index (χ0n) is 19.5. The summed E-state index contributed by atoms with van der Waals surface area (Å²) in [6.45, 7) is 1.82. The molecule has 2 heterocycles. The molecule has 3 N–H and O–H groups in total. The van der Waals surface area contributed by atoms with Crippen LogP contribution in [0, 0.1) is 12.7 Å². The van der Waals surface area contributed by atoms with Crippen molar-refractivity contribution in [3.8, 4) is 5.88 Å². The van der Waals surface area contributed by atoms with Gasteiger partial charge in [-0.05, 0) is 37.0 Å². The highest BCUT2D eigenvalue weighted by molar-refractivity contribution is 7.89. The molecule has 2 atom stereocenters. The van der Waals surface area contributed by atoms with Crippen molar-refractivity contribution in [3.05, 3.63) is 58.5 Å². The number of alkyl halides is 2. The van der Waals surface area contributed by atoms with E-state index in [1.165, 1.54) is 19.1 Å². The SMILES string of the molecule is CCS(=O)(=O)N[C@@H]1[C@H](Cc2cccc(Cc3nc(OCC(=O)O)ccc3C)c2F)NCC1(F)F.Cl.Cl. The molecule has 2 aromatic rings. The Labute approximate surface area is 219 Å². The summed E-state index contributed by atoms with van der Waals surface area (Å²) < 4.78 is 75.0. The summed E-state index contributed by atoms with van der Waals surface area (Å²) in [5.41, 5.74) is 1.62. The number of nitrogens with zero attached hydrogens (tertiary/aromatic N) is 1. The smallest absolute Gasteiger partial charge is 0.341 e. The largest absolute Gasteiger partial charge is 0.479 e. The van der Waals surface area contributed by atoms with Crippen LogP contribution < -0.4 is 14.8 Å². The molecule has 0 radical (unpaired) electrons. The molecule has 36 heavy (non-hydrogen) atoms. The Morgan fingerprint density at radius 2 is 1.92 bits per heavy atom. The number of ether oxygens (including phenoxy) is 1. The van der Waals surface area contributed by atoms with Crippen LogP contribution in [0.3, 0.4) is 0 Å². The van der Waals surface area contributed by atoms with Gasteiger partial charge in [0.25, 0.3) is 5.92 Å². The summed E-state index contributed by atoms with van der Waals surface area (Å²) in [5, 5.41) is 11.4. The van der Waals surface area contributed by atoms with Gasteiger partial charge in [0.05, 0.1) is 18.0 Å². The normalized spacial score (nSPS) is 18.7. The fourth-order valence-corrected chi connectivity index (χ4v) is 4.61. The lowest BCUT2D eigenvalue weighted by Gasteiger charge is -2.24. The Morgan fingerprint density at radius 3 is 2.56 bits per heavy atom. The van der Waals surface area contributed by atoms with Crippen LogP contribution in [0.25, 0.3) is 0 Å². The average Bonchev–Trinajstić information content (AvgIpc) is 3.04. The van der Waals surface area contributed by atoms with Gasteiger partial charge in [0.15, 0.2) is 6.61 Å². The Kier molecular flexibility index (Phi) is 11.4. The number of carboxylic acid groups (broad SMARTS) is 1. The first-order chi connectivity index (χ1) is 15.9. The predicted molar refractivity (Wildman–Crippen MR) is 133 cm³/mol. The monoisotopic (exact) mass is 573 g/mol. The summed E-state index contributed by atoms with van der Waals surface area (Å²) in [6, 6.07) is 5.08. The maximum Gasteiger partial charge on any atom is 0.341 e. The van der Waals surface area contributed by atoms with Crippen LogP contribution >= 0.6 is 24.8 Å². The minimum Gasteiger partial charge on any atom is -0.479 e. The molecule has 3 rings (SSSR count). The van der Waals surface area contributed by atoms with Crippen LogP contribution in [-0.4, -0.2) is 61.4 Å². The first kappa shape index (κ1) is 31.9. The number of hydrogen-bond donors (Lipinski definition) is 3. The number of pyridine rings is 1. The number of nitrogens with one attached hydrogen (secondary N) is 2. The lowest BCUT2D eigenvalue weighted by Crippen LogP contribution is -2.51. The fourth-order valence-electron chi connectivity index (χ4n) is 3.71. The first-order valence-corrected chi connectivity index (χ1v) is 12.3. The topological polar surface area (TPSA) is 118 Å². The third-order valence-electron chi connectivity index (χ3n) is 5.62. The quantitative estimate of drug-likeness (QED) is 0.400. The van der Waals surface area contributed by atoms with Gasteiger partial charge in [-0.25, -0.2) is 36.1 Å². The van der Waals surface area contributed by atoms with E-state index in [2.05, 4.69) is 10.3 Å². The van der Waals surface area contributed by atoms with Gasteiger partial charge in [0.1, 0.15) is 11.9 Å². The number of carboxylic acids is 1. The molecule has 1 aromatic heterocycles. The van der Waals surface area contributed by atoms with Crippen molar-refractivity contribution in [2.75, 3.05) is 18.9 Å². The van der Waals surface area contributed by atoms with Crippen molar-refractivity contribution >= 4 is 40.8 Å². The number of halogens is 5. The van der Waals surface area contributed by atoms with Crippen LogP contribution in [-0.2, 0) is 27.7 Å². The Morgan fingerprint density at radius 1 is 1.25 bits per heavy atom. The molecule has 8 nitrogen and oxygen atoms in total. The molecule has 202 valence electrons. The number of aliphatic carboxylic acids is 1. The van der Waals surface area contributed by atoms with E-state index in [0.717, 1.165) is 5.56 Å². The minimum absolute atomic E-state index is 0. The third-order valence-corrected chi connectivity index (χ3v) is 6.99. The number of aryl methyl sites for hydroxylation is 1. The van der Waals surface area contributed by atoms with E-state index in [4.69, 9.17) is 9.84 Å². The van der Waals surface area contributed by atoms with Crippen molar-refractivity contribution in [1.29, 1.82) is 0 Å². The highest BCUT2D eigenvalue weighted by atomic mass is 35.5. The summed E-state index contributed by atoms with van der Waals surface area (Å²) in [4.78, 5) is 15.0. The molecule has 1 saturated heterocycles. The van der Waals surface area contributed by atoms with E-state index in [-0.39, 0.29) is 60.4 Å². The second-order valence-corrected chi connectivity index (χ2v) is 10.2. The molecule has 0 bridgehead atoms. The molecule has 1 aliphatic heterocycles. The molecule has 0 unspecified atom stereocenters. The lowest BCUT2D eigenvalue weighted by molar-refractivity contribution is -0.139. The zero-order chi connectivity index (χ0) is 25.1. The van der Waals surface area contributed by atoms with Crippen LogP contribution in [0.1, 0.15) is 29.3 Å². The maximum atomic E-state index is 15.3. The summed E-state index contributed by atoms with van der Waals surface area (Å²) in [7, 11) is -3.90. The highest BCUT2D eigenvalue weighted by Crippen LogP contribution is 2.30. The Bertz CT molecular complexity index is 1170. The molecular formula is C22H28Cl2F3N3O5S. The summed E-state index contributed by atoms with van der Waals surface area (Å²) >= 11 is 0. The number of benzene rings is 1. The van der Waals surface area contributed by atoms with E-state index in [1.54, 1.807) is 25.1 Å². The molecule has 1 aromatic carbocycles. The molecule has 0 saturated carbocycles.